The van der Waals surface area contributed by atoms with Crippen LogP contribution in [0.2, 0.25) is 0 Å². The first kappa shape index (κ1) is 11.1. The highest BCUT2D eigenvalue weighted by Gasteiger charge is 2.09. The van der Waals surface area contributed by atoms with Crippen molar-refractivity contribution < 1.29 is 8.78 Å². The summed E-state index contributed by atoms with van der Waals surface area (Å²) >= 11 is 5.52. The minimum absolute atomic E-state index is 0.165. The minimum Gasteiger partial charge on any atom is -0.301 e. The van der Waals surface area contributed by atoms with E-state index in [2.05, 4.69) is 0 Å². The summed E-state index contributed by atoms with van der Waals surface area (Å²) in [5.41, 5.74) is 0. The lowest BCUT2D eigenvalue weighted by molar-refractivity contribution is 0.0957. The van der Waals surface area contributed by atoms with Crippen molar-refractivity contribution in [1.82, 2.24) is 4.90 Å². The largest absolute Gasteiger partial charge is 0.301 e. The molecule has 0 bridgehead atoms. The van der Waals surface area contributed by atoms with Crippen LogP contribution >= 0.6 is 11.6 Å². The van der Waals surface area contributed by atoms with E-state index in [4.69, 9.17) is 11.6 Å². The van der Waals surface area contributed by atoms with Crippen molar-refractivity contribution in [2.24, 2.45) is 5.92 Å². The van der Waals surface area contributed by atoms with Crippen molar-refractivity contribution >= 4 is 11.6 Å². The Bertz CT molecular complexity index is 100. The maximum atomic E-state index is 11.8. The molecule has 0 rings (SSSR count). The van der Waals surface area contributed by atoms with Crippen molar-refractivity contribution in [3.63, 3.8) is 0 Å². The topological polar surface area (TPSA) is 3.24 Å². The molecule has 0 saturated carbocycles. The van der Waals surface area contributed by atoms with Crippen LogP contribution in [0.1, 0.15) is 6.92 Å². The van der Waals surface area contributed by atoms with Crippen molar-refractivity contribution in [2.75, 3.05) is 26.0 Å². The molecule has 0 amide bonds. The maximum absolute atomic E-state index is 11.8. The van der Waals surface area contributed by atoms with Crippen molar-refractivity contribution in [2.45, 2.75) is 13.3 Å². The fourth-order valence-electron chi connectivity index (χ4n) is 0.891. The average molecular weight is 186 g/mol. The lowest BCUT2D eigenvalue weighted by Gasteiger charge is -2.18. The van der Waals surface area contributed by atoms with Gasteiger partial charge in [-0.25, -0.2) is 8.78 Å². The lowest BCUT2D eigenvalue weighted by atomic mass is 10.2. The maximum Gasteiger partial charge on any atom is 0.251 e. The number of hydrogen-bond donors (Lipinski definition) is 0. The summed E-state index contributed by atoms with van der Waals surface area (Å²) < 4.78 is 23.5. The summed E-state index contributed by atoms with van der Waals surface area (Å²) in [5.74, 6) is 0.800. The standard InChI is InChI=1S/C7H14ClF2N/c1-6(3-8)4-11(2)5-7(9)10/h6-7H,3-5H2,1-2H3. The second-order valence-electron chi connectivity index (χ2n) is 2.87. The molecule has 4 heteroatoms. The summed E-state index contributed by atoms with van der Waals surface area (Å²) in [6, 6.07) is 0. The molecule has 1 atom stereocenters. The van der Waals surface area contributed by atoms with Crippen molar-refractivity contribution in [1.29, 1.82) is 0 Å². The molecule has 0 aliphatic carbocycles. The van der Waals surface area contributed by atoms with Gasteiger partial charge < -0.3 is 4.90 Å². The van der Waals surface area contributed by atoms with Gasteiger partial charge in [-0.2, -0.15) is 0 Å². The zero-order valence-corrected chi connectivity index (χ0v) is 7.61. The van der Waals surface area contributed by atoms with E-state index >= 15 is 0 Å². The van der Waals surface area contributed by atoms with Crippen LogP contribution in [-0.2, 0) is 0 Å². The molecule has 0 fully saturated rings. The third-order valence-corrected chi connectivity index (χ3v) is 1.86. The van der Waals surface area contributed by atoms with Crippen LogP contribution in [0.4, 0.5) is 8.78 Å². The van der Waals surface area contributed by atoms with Gasteiger partial charge in [-0.1, -0.05) is 6.92 Å². The van der Waals surface area contributed by atoms with Gasteiger partial charge in [0.2, 0.25) is 0 Å². The lowest BCUT2D eigenvalue weighted by Crippen LogP contribution is -2.29. The predicted molar refractivity (Wildman–Crippen MR) is 43.4 cm³/mol. The molecule has 0 aromatic carbocycles. The van der Waals surface area contributed by atoms with Gasteiger partial charge in [0.25, 0.3) is 6.43 Å². The molecule has 1 unspecified atom stereocenters. The molecular formula is C7H14ClF2N. The van der Waals surface area contributed by atoms with E-state index in [9.17, 15) is 8.78 Å². The molecule has 0 saturated heterocycles. The molecule has 0 aromatic heterocycles. The van der Waals surface area contributed by atoms with E-state index in [1.807, 2.05) is 6.92 Å². The normalized spacial score (nSPS) is 14.5. The van der Waals surface area contributed by atoms with E-state index in [-0.39, 0.29) is 12.5 Å². The fraction of sp³-hybridized carbons (Fsp3) is 1.00. The van der Waals surface area contributed by atoms with Crippen LogP contribution in [0, 0.1) is 5.92 Å². The quantitative estimate of drug-likeness (QED) is 0.593. The van der Waals surface area contributed by atoms with Gasteiger partial charge in [0.05, 0.1) is 6.54 Å². The van der Waals surface area contributed by atoms with E-state index in [0.717, 1.165) is 0 Å². The van der Waals surface area contributed by atoms with Crippen LogP contribution in [0.25, 0.3) is 0 Å². The fourth-order valence-corrected chi connectivity index (χ4v) is 0.989. The SMILES string of the molecule is CC(CCl)CN(C)CC(F)F. The Labute approximate surface area is 71.3 Å². The van der Waals surface area contributed by atoms with Gasteiger partial charge in [-0.15, -0.1) is 11.6 Å². The molecule has 0 aliphatic rings. The second kappa shape index (κ2) is 5.72. The number of hydrogen-bond acceptors (Lipinski definition) is 1. The zero-order valence-electron chi connectivity index (χ0n) is 6.86. The van der Waals surface area contributed by atoms with E-state index < -0.39 is 6.43 Å². The summed E-state index contributed by atoms with van der Waals surface area (Å²) in [7, 11) is 1.68. The van der Waals surface area contributed by atoms with Crippen molar-refractivity contribution in [3.05, 3.63) is 0 Å². The molecule has 0 aromatic rings. The first-order valence-electron chi connectivity index (χ1n) is 3.59. The van der Waals surface area contributed by atoms with Gasteiger partial charge in [-0.05, 0) is 13.0 Å². The minimum atomic E-state index is -2.25. The van der Waals surface area contributed by atoms with E-state index in [1.54, 1.807) is 11.9 Å². The number of rotatable bonds is 5. The summed E-state index contributed by atoms with van der Waals surface area (Å²) in [6.07, 6.45) is -2.25. The first-order valence-corrected chi connectivity index (χ1v) is 4.12. The van der Waals surface area contributed by atoms with Crippen LogP contribution in [-0.4, -0.2) is 37.3 Å². The van der Waals surface area contributed by atoms with E-state index in [0.29, 0.717) is 12.4 Å². The molecule has 0 radical (unpaired) electrons. The second-order valence-corrected chi connectivity index (χ2v) is 3.18. The van der Waals surface area contributed by atoms with E-state index in [1.165, 1.54) is 0 Å². The summed E-state index contributed by atoms with van der Waals surface area (Å²) in [4.78, 5) is 1.59. The van der Waals surface area contributed by atoms with Gasteiger partial charge in [0.1, 0.15) is 0 Å². The third-order valence-electron chi connectivity index (χ3n) is 1.34. The highest BCUT2D eigenvalue weighted by atomic mass is 35.5. The van der Waals surface area contributed by atoms with Crippen LogP contribution in [0.5, 0.6) is 0 Å². The Kier molecular flexibility index (Phi) is 5.78. The first-order chi connectivity index (χ1) is 5.06. The molecule has 11 heavy (non-hydrogen) atoms. The monoisotopic (exact) mass is 185 g/mol. The predicted octanol–water partition coefficient (Wildman–Crippen LogP) is 2.06. The molecule has 0 N–H and O–H groups in total. The molecule has 68 valence electrons. The van der Waals surface area contributed by atoms with Crippen LogP contribution in [0.15, 0.2) is 0 Å². The highest BCUT2D eigenvalue weighted by molar-refractivity contribution is 6.18. The Morgan fingerprint density at radius 1 is 1.36 bits per heavy atom. The number of alkyl halides is 3. The van der Waals surface area contributed by atoms with Gasteiger partial charge >= 0.3 is 0 Å². The Balaban J connectivity index is 3.43. The smallest absolute Gasteiger partial charge is 0.251 e. The number of halogens is 3. The summed E-state index contributed by atoms with van der Waals surface area (Å²) in [5, 5.41) is 0. The Morgan fingerprint density at radius 3 is 2.27 bits per heavy atom. The average Bonchev–Trinajstić information content (AvgIpc) is 1.85. The third kappa shape index (κ3) is 6.51. The molecular weight excluding hydrogens is 172 g/mol. The molecule has 1 nitrogen and oxygen atoms in total. The molecule has 0 heterocycles. The molecule has 0 spiro atoms. The van der Waals surface area contributed by atoms with Gasteiger partial charge in [-0.3, -0.25) is 0 Å². The highest BCUT2D eigenvalue weighted by Crippen LogP contribution is 2.02. The Hall–Kier alpha value is 0.110. The van der Waals surface area contributed by atoms with Gasteiger partial charge in [0.15, 0.2) is 0 Å². The van der Waals surface area contributed by atoms with Crippen LogP contribution < -0.4 is 0 Å². The number of nitrogens with zero attached hydrogens (tertiary/aromatic N) is 1. The molecule has 0 aliphatic heterocycles. The van der Waals surface area contributed by atoms with Crippen LogP contribution in [0.3, 0.4) is 0 Å². The van der Waals surface area contributed by atoms with Gasteiger partial charge in [0, 0.05) is 12.4 Å². The Morgan fingerprint density at radius 2 is 1.91 bits per heavy atom. The summed E-state index contributed by atoms with van der Waals surface area (Å²) in [6.45, 7) is 2.41. The van der Waals surface area contributed by atoms with Crippen molar-refractivity contribution in [3.8, 4) is 0 Å². The zero-order chi connectivity index (χ0) is 8.85.